The van der Waals surface area contributed by atoms with E-state index < -0.39 is 21.1 Å². The Morgan fingerprint density at radius 3 is 2.45 bits per heavy atom. The van der Waals surface area contributed by atoms with Crippen LogP contribution in [-0.2, 0) is 30.0 Å². The standard InChI is InChI=1S/C20H25ClN4O5S/c1-3-4-12-31(29,30)19-22-17-16(25(19)13-14-6-8-15(21)9-7-14)18(27)24(10-5-11-26)20(28)23(17)2/h6-9,26H,3-5,10-13H2,1-2H3/p+1. The Balaban J connectivity index is 2.33. The van der Waals surface area contributed by atoms with E-state index in [9.17, 15) is 18.0 Å². The molecule has 2 N–H and O–H groups in total. The van der Waals surface area contributed by atoms with Gasteiger partial charge in [-0.1, -0.05) is 37.1 Å². The molecular weight excluding hydrogens is 444 g/mol. The lowest BCUT2D eigenvalue weighted by Crippen LogP contribution is -2.47. The highest BCUT2D eigenvalue weighted by Crippen LogP contribution is 2.14. The third-order valence-corrected chi connectivity index (χ3v) is 7.11. The number of unbranched alkanes of at least 4 members (excludes halogenated alkanes) is 1. The lowest BCUT2D eigenvalue weighted by Gasteiger charge is -2.07. The highest BCUT2D eigenvalue weighted by Gasteiger charge is 2.34. The highest BCUT2D eigenvalue weighted by molar-refractivity contribution is 7.91. The van der Waals surface area contributed by atoms with Gasteiger partial charge in [-0.05, 0) is 30.5 Å². The molecule has 0 amide bonds. The zero-order valence-electron chi connectivity index (χ0n) is 17.5. The third-order valence-electron chi connectivity index (χ3n) is 5.12. The molecule has 31 heavy (non-hydrogen) atoms. The van der Waals surface area contributed by atoms with Crippen LogP contribution < -0.4 is 15.8 Å². The number of sulfone groups is 1. The minimum atomic E-state index is -3.74. The summed E-state index contributed by atoms with van der Waals surface area (Å²) in [5.41, 5.74) is -0.209. The van der Waals surface area contributed by atoms with Gasteiger partial charge in [-0.3, -0.25) is 13.9 Å². The number of aryl methyl sites for hydroxylation is 1. The Bertz CT molecular complexity index is 1310. The first-order chi connectivity index (χ1) is 14.7. The summed E-state index contributed by atoms with van der Waals surface area (Å²) in [6, 6.07) is 6.88. The minimum absolute atomic E-state index is 0.0298. The van der Waals surface area contributed by atoms with Crippen molar-refractivity contribution < 1.29 is 18.1 Å². The SMILES string of the molecule is CCCCS(=O)(=O)c1[nH]c2c(c(=O)n(CCCO)c(=O)n2C)[n+]1Cc1ccc(Cl)cc1. The molecule has 3 rings (SSSR count). The topological polar surface area (TPSA) is 118 Å². The Kier molecular flexibility index (Phi) is 7.03. The number of fused-ring (bicyclic) bond motifs is 1. The molecule has 0 atom stereocenters. The average Bonchev–Trinajstić information content (AvgIpc) is 3.13. The maximum Gasteiger partial charge on any atom is 0.376 e. The van der Waals surface area contributed by atoms with Gasteiger partial charge in [0.1, 0.15) is 6.54 Å². The van der Waals surface area contributed by atoms with Crippen LogP contribution in [-0.4, -0.2) is 40.0 Å². The summed E-state index contributed by atoms with van der Waals surface area (Å²) < 4.78 is 29.8. The van der Waals surface area contributed by atoms with Crippen LogP contribution in [0.1, 0.15) is 31.7 Å². The largest absolute Gasteiger partial charge is 0.396 e. The maximum atomic E-state index is 13.2. The van der Waals surface area contributed by atoms with Crippen LogP contribution in [0.25, 0.3) is 11.2 Å². The molecule has 0 unspecified atom stereocenters. The number of nitrogens with one attached hydrogen (secondary N) is 1. The molecule has 0 aliphatic rings. The lowest BCUT2D eigenvalue weighted by molar-refractivity contribution is -0.701. The zero-order chi connectivity index (χ0) is 22.8. The van der Waals surface area contributed by atoms with Crippen LogP contribution in [0.5, 0.6) is 0 Å². The molecule has 168 valence electrons. The van der Waals surface area contributed by atoms with E-state index >= 15 is 0 Å². The number of H-pyrrole nitrogens is 1. The van der Waals surface area contributed by atoms with E-state index in [1.54, 1.807) is 24.3 Å². The normalized spacial score (nSPS) is 12.0. The Hall–Kier alpha value is -2.43. The first-order valence-corrected chi connectivity index (χ1v) is 12.1. The van der Waals surface area contributed by atoms with Crippen LogP contribution in [0.2, 0.25) is 5.02 Å². The van der Waals surface area contributed by atoms with Gasteiger partial charge in [0.15, 0.2) is 0 Å². The predicted molar refractivity (Wildman–Crippen MR) is 117 cm³/mol. The molecule has 0 aliphatic heterocycles. The number of benzene rings is 1. The number of aliphatic hydroxyl groups is 1. The van der Waals surface area contributed by atoms with Crippen molar-refractivity contribution in [2.24, 2.45) is 7.05 Å². The first-order valence-electron chi connectivity index (χ1n) is 10.0. The Labute approximate surface area is 184 Å². The van der Waals surface area contributed by atoms with E-state index in [0.717, 1.165) is 10.1 Å². The number of hydrogen-bond acceptors (Lipinski definition) is 5. The molecule has 0 saturated heterocycles. The number of imidazole rings is 1. The number of rotatable bonds is 9. The van der Waals surface area contributed by atoms with E-state index in [1.807, 2.05) is 6.92 Å². The molecule has 0 bridgehead atoms. The number of halogens is 1. The molecule has 0 fully saturated rings. The van der Waals surface area contributed by atoms with Crippen molar-refractivity contribution in [3.05, 3.63) is 55.7 Å². The number of nitrogens with zero attached hydrogens (tertiary/aromatic N) is 3. The lowest BCUT2D eigenvalue weighted by atomic mass is 10.2. The summed E-state index contributed by atoms with van der Waals surface area (Å²) in [5, 5.41) is 9.56. The third kappa shape index (κ3) is 4.60. The van der Waals surface area contributed by atoms with Crippen molar-refractivity contribution in [3.8, 4) is 0 Å². The molecule has 0 spiro atoms. The Morgan fingerprint density at radius 1 is 1.16 bits per heavy atom. The number of hydrogen-bond donors (Lipinski definition) is 2. The second kappa shape index (κ2) is 9.37. The minimum Gasteiger partial charge on any atom is -0.396 e. The fourth-order valence-corrected chi connectivity index (χ4v) is 5.17. The molecule has 2 aromatic heterocycles. The van der Waals surface area contributed by atoms with E-state index in [0.29, 0.717) is 17.9 Å². The monoisotopic (exact) mass is 469 g/mol. The molecule has 1 aromatic carbocycles. The van der Waals surface area contributed by atoms with E-state index in [4.69, 9.17) is 16.7 Å². The van der Waals surface area contributed by atoms with Gasteiger partial charge < -0.3 is 5.11 Å². The van der Waals surface area contributed by atoms with Crippen molar-refractivity contribution in [2.45, 2.75) is 44.4 Å². The summed E-state index contributed by atoms with van der Waals surface area (Å²) >= 11 is 5.96. The molecule has 2 heterocycles. The van der Waals surface area contributed by atoms with Crippen LogP contribution in [0.4, 0.5) is 0 Å². The van der Waals surface area contributed by atoms with Crippen LogP contribution in [0.15, 0.2) is 39.0 Å². The van der Waals surface area contributed by atoms with Crippen LogP contribution >= 0.6 is 11.6 Å². The van der Waals surface area contributed by atoms with Gasteiger partial charge in [0.05, 0.1) is 5.75 Å². The molecule has 0 aliphatic carbocycles. The van der Waals surface area contributed by atoms with Gasteiger partial charge in [-0.2, -0.15) is 0 Å². The van der Waals surface area contributed by atoms with Crippen molar-refractivity contribution in [2.75, 3.05) is 12.4 Å². The number of aromatic amines is 1. The highest BCUT2D eigenvalue weighted by atomic mass is 35.5. The van der Waals surface area contributed by atoms with Crippen LogP contribution in [0.3, 0.4) is 0 Å². The predicted octanol–water partition coefficient (Wildman–Crippen LogP) is 0.974. The van der Waals surface area contributed by atoms with Gasteiger partial charge in [0, 0.05) is 25.2 Å². The summed E-state index contributed by atoms with van der Waals surface area (Å²) in [6.07, 6.45) is 1.39. The fraction of sp³-hybridized carbons (Fsp3) is 0.450. The first kappa shape index (κ1) is 23.2. The summed E-state index contributed by atoms with van der Waals surface area (Å²) in [7, 11) is -2.26. The smallest absolute Gasteiger partial charge is 0.376 e. The summed E-state index contributed by atoms with van der Waals surface area (Å²) in [5.74, 6) is -0.0798. The van der Waals surface area contributed by atoms with Gasteiger partial charge >= 0.3 is 16.4 Å². The Morgan fingerprint density at radius 2 is 1.84 bits per heavy atom. The number of aliphatic hydroxyl groups excluding tert-OH is 1. The average molecular weight is 470 g/mol. The number of aromatic nitrogens is 4. The van der Waals surface area contributed by atoms with Crippen molar-refractivity contribution >= 4 is 32.6 Å². The summed E-state index contributed by atoms with van der Waals surface area (Å²) in [6.45, 7) is 1.85. The quantitative estimate of drug-likeness (QED) is 0.453. The second-order valence-corrected chi connectivity index (χ2v) is 9.85. The maximum absolute atomic E-state index is 13.2. The van der Waals surface area contributed by atoms with Gasteiger partial charge in [-0.25, -0.2) is 22.8 Å². The van der Waals surface area contributed by atoms with Gasteiger partial charge in [0.25, 0.3) is 21.0 Å². The molecule has 0 saturated carbocycles. The van der Waals surface area contributed by atoms with Crippen LogP contribution in [0, 0.1) is 0 Å². The van der Waals surface area contributed by atoms with Crippen molar-refractivity contribution in [1.82, 2.24) is 14.1 Å². The van der Waals surface area contributed by atoms with Gasteiger partial charge in [-0.15, -0.1) is 0 Å². The van der Waals surface area contributed by atoms with E-state index in [2.05, 4.69) is 4.98 Å². The van der Waals surface area contributed by atoms with Crippen molar-refractivity contribution in [1.29, 1.82) is 0 Å². The molecular formula is C20H26ClN4O5S+. The second-order valence-electron chi connectivity index (χ2n) is 7.39. The molecule has 3 aromatic rings. The summed E-state index contributed by atoms with van der Waals surface area (Å²) in [4.78, 5) is 28.8. The molecule has 9 nitrogen and oxygen atoms in total. The van der Waals surface area contributed by atoms with Gasteiger partial charge in [0.2, 0.25) is 0 Å². The zero-order valence-corrected chi connectivity index (χ0v) is 19.0. The van der Waals surface area contributed by atoms with Crippen molar-refractivity contribution in [3.63, 3.8) is 0 Å². The van der Waals surface area contributed by atoms with E-state index in [-0.39, 0.29) is 48.2 Å². The molecule has 0 radical (unpaired) electrons. The fourth-order valence-electron chi connectivity index (χ4n) is 3.43. The van der Waals surface area contributed by atoms with E-state index in [1.165, 1.54) is 16.2 Å². The molecule has 11 heteroatoms.